The molecule has 0 aliphatic heterocycles. The van der Waals surface area contributed by atoms with Gasteiger partial charge in [-0.05, 0) is 32.4 Å². The lowest BCUT2D eigenvalue weighted by molar-refractivity contribution is -0.114. The Morgan fingerprint density at radius 2 is 2.21 bits per heavy atom. The molecule has 0 saturated carbocycles. The van der Waals surface area contributed by atoms with Crippen molar-refractivity contribution in [3.05, 3.63) is 22.5 Å². The Hall–Kier alpha value is -1.38. The molecule has 0 amide bonds. The SMILES string of the molecule is CCn1nc(C)c2c1C=C(C)C(=O)C2. The molecule has 0 unspecified atom stereocenters. The van der Waals surface area contributed by atoms with Crippen LogP contribution in [0.2, 0.25) is 0 Å². The zero-order valence-corrected chi connectivity index (χ0v) is 8.79. The summed E-state index contributed by atoms with van der Waals surface area (Å²) < 4.78 is 1.96. The van der Waals surface area contributed by atoms with E-state index in [1.807, 2.05) is 24.6 Å². The lowest BCUT2D eigenvalue weighted by atomic mass is 9.95. The Bertz CT molecular complexity index is 427. The van der Waals surface area contributed by atoms with Crippen molar-refractivity contribution >= 4 is 11.9 Å². The number of aryl methyl sites for hydroxylation is 2. The van der Waals surface area contributed by atoms with Crippen LogP contribution < -0.4 is 0 Å². The van der Waals surface area contributed by atoms with Crippen molar-refractivity contribution in [1.82, 2.24) is 9.78 Å². The molecule has 2 rings (SSSR count). The molecule has 3 heteroatoms. The van der Waals surface area contributed by atoms with Crippen molar-refractivity contribution < 1.29 is 4.79 Å². The quantitative estimate of drug-likeness (QED) is 0.676. The van der Waals surface area contributed by atoms with E-state index in [9.17, 15) is 4.79 Å². The van der Waals surface area contributed by atoms with Crippen LogP contribution in [0.25, 0.3) is 6.08 Å². The van der Waals surface area contributed by atoms with Crippen molar-refractivity contribution in [2.45, 2.75) is 33.7 Å². The lowest BCUT2D eigenvalue weighted by Crippen LogP contribution is -2.11. The first-order valence-electron chi connectivity index (χ1n) is 4.91. The van der Waals surface area contributed by atoms with Gasteiger partial charge in [-0.1, -0.05) is 0 Å². The van der Waals surface area contributed by atoms with Gasteiger partial charge in [-0.3, -0.25) is 9.48 Å². The number of nitrogens with zero attached hydrogens (tertiary/aromatic N) is 2. The van der Waals surface area contributed by atoms with Crippen LogP contribution >= 0.6 is 0 Å². The van der Waals surface area contributed by atoms with E-state index >= 15 is 0 Å². The first-order valence-corrected chi connectivity index (χ1v) is 4.91. The Kier molecular flexibility index (Phi) is 2.02. The van der Waals surface area contributed by atoms with Crippen LogP contribution in [-0.4, -0.2) is 15.6 Å². The highest BCUT2D eigenvalue weighted by atomic mass is 16.1. The van der Waals surface area contributed by atoms with Crippen LogP contribution in [0.15, 0.2) is 5.57 Å². The van der Waals surface area contributed by atoms with Gasteiger partial charge in [0.2, 0.25) is 0 Å². The minimum absolute atomic E-state index is 0.219. The van der Waals surface area contributed by atoms with Crippen LogP contribution in [0.3, 0.4) is 0 Å². The predicted molar refractivity (Wildman–Crippen MR) is 55.0 cm³/mol. The number of fused-ring (bicyclic) bond motifs is 1. The van der Waals surface area contributed by atoms with Crippen molar-refractivity contribution in [3.8, 4) is 0 Å². The summed E-state index contributed by atoms with van der Waals surface area (Å²) >= 11 is 0. The summed E-state index contributed by atoms with van der Waals surface area (Å²) in [6.45, 7) is 6.75. The van der Waals surface area contributed by atoms with E-state index in [-0.39, 0.29) is 5.78 Å². The maximum Gasteiger partial charge on any atom is 0.163 e. The first-order chi connectivity index (χ1) is 6.63. The van der Waals surface area contributed by atoms with Crippen molar-refractivity contribution in [2.75, 3.05) is 0 Å². The molecule has 1 heterocycles. The maximum absolute atomic E-state index is 11.5. The van der Waals surface area contributed by atoms with E-state index < -0.39 is 0 Å². The number of carbonyl (C=O) groups is 1. The van der Waals surface area contributed by atoms with Gasteiger partial charge in [0.15, 0.2) is 5.78 Å². The second-order valence-electron chi connectivity index (χ2n) is 3.69. The van der Waals surface area contributed by atoms with Crippen LogP contribution in [0, 0.1) is 6.92 Å². The van der Waals surface area contributed by atoms with Gasteiger partial charge in [-0.2, -0.15) is 5.10 Å². The van der Waals surface area contributed by atoms with E-state index in [1.54, 1.807) is 0 Å². The van der Waals surface area contributed by atoms with Gasteiger partial charge in [0.05, 0.1) is 11.4 Å². The number of carbonyl (C=O) groups excluding carboxylic acids is 1. The molecule has 0 bridgehead atoms. The molecular weight excluding hydrogens is 176 g/mol. The number of allylic oxidation sites excluding steroid dienone is 1. The fourth-order valence-electron chi connectivity index (χ4n) is 1.84. The van der Waals surface area contributed by atoms with Gasteiger partial charge in [-0.25, -0.2) is 0 Å². The van der Waals surface area contributed by atoms with Crippen LogP contribution in [0.1, 0.15) is 30.8 Å². The van der Waals surface area contributed by atoms with Crippen molar-refractivity contribution in [2.24, 2.45) is 0 Å². The number of ketones is 1. The molecule has 0 spiro atoms. The fourth-order valence-corrected chi connectivity index (χ4v) is 1.84. The molecule has 0 radical (unpaired) electrons. The van der Waals surface area contributed by atoms with E-state index in [2.05, 4.69) is 12.0 Å². The Morgan fingerprint density at radius 3 is 2.86 bits per heavy atom. The maximum atomic E-state index is 11.5. The van der Waals surface area contributed by atoms with Crippen LogP contribution in [0.4, 0.5) is 0 Å². The summed E-state index contributed by atoms with van der Waals surface area (Å²) in [6.07, 6.45) is 2.47. The monoisotopic (exact) mass is 190 g/mol. The molecule has 1 aromatic heterocycles. The molecule has 0 aromatic carbocycles. The molecule has 0 N–H and O–H groups in total. The Morgan fingerprint density at radius 1 is 1.50 bits per heavy atom. The summed E-state index contributed by atoms with van der Waals surface area (Å²) in [7, 11) is 0. The standard InChI is InChI=1S/C11H14N2O/c1-4-13-10-5-7(2)11(14)6-9(10)8(3)12-13/h5H,4,6H2,1-3H3. The van der Waals surface area contributed by atoms with Crippen LogP contribution in [-0.2, 0) is 17.8 Å². The molecule has 1 aromatic rings. The number of Topliss-reactive ketones (excluding diaryl/α,β-unsaturated/α-hetero) is 1. The number of aromatic nitrogens is 2. The Labute approximate surface area is 83.4 Å². The van der Waals surface area contributed by atoms with Crippen molar-refractivity contribution in [3.63, 3.8) is 0 Å². The number of hydrogen-bond donors (Lipinski definition) is 0. The molecule has 0 atom stereocenters. The average Bonchev–Trinajstić information content (AvgIpc) is 2.45. The molecule has 0 fully saturated rings. The second kappa shape index (κ2) is 3.08. The van der Waals surface area contributed by atoms with Gasteiger partial charge < -0.3 is 0 Å². The molecule has 14 heavy (non-hydrogen) atoms. The van der Waals surface area contributed by atoms with Gasteiger partial charge in [0.1, 0.15) is 0 Å². The zero-order valence-electron chi connectivity index (χ0n) is 8.79. The first kappa shape index (κ1) is 9.19. The minimum Gasteiger partial charge on any atom is -0.294 e. The highest BCUT2D eigenvalue weighted by Crippen LogP contribution is 2.24. The van der Waals surface area contributed by atoms with Gasteiger partial charge in [0, 0.05) is 18.5 Å². The van der Waals surface area contributed by atoms with E-state index in [0.717, 1.165) is 29.1 Å². The molecule has 1 aliphatic rings. The summed E-state index contributed by atoms with van der Waals surface area (Å²) in [5, 5.41) is 4.40. The smallest absolute Gasteiger partial charge is 0.163 e. The lowest BCUT2D eigenvalue weighted by Gasteiger charge is -2.10. The topological polar surface area (TPSA) is 34.9 Å². The van der Waals surface area contributed by atoms with E-state index in [0.29, 0.717) is 6.42 Å². The molecule has 74 valence electrons. The third kappa shape index (κ3) is 1.20. The third-order valence-corrected chi connectivity index (χ3v) is 2.72. The summed E-state index contributed by atoms with van der Waals surface area (Å²) in [4.78, 5) is 11.5. The average molecular weight is 190 g/mol. The largest absolute Gasteiger partial charge is 0.294 e. The fraction of sp³-hybridized carbons (Fsp3) is 0.455. The molecule has 0 saturated heterocycles. The number of rotatable bonds is 1. The zero-order chi connectivity index (χ0) is 10.3. The second-order valence-corrected chi connectivity index (χ2v) is 3.69. The highest BCUT2D eigenvalue weighted by Gasteiger charge is 2.21. The van der Waals surface area contributed by atoms with Gasteiger partial charge in [-0.15, -0.1) is 0 Å². The molecule has 3 nitrogen and oxygen atoms in total. The van der Waals surface area contributed by atoms with E-state index in [4.69, 9.17) is 0 Å². The Balaban J connectivity index is 2.61. The van der Waals surface area contributed by atoms with Gasteiger partial charge >= 0.3 is 0 Å². The van der Waals surface area contributed by atoms with Crippen molar-refractivity contribution in [1.29, 1.82) is 0 Å². The minimum atomic E-state index is 0.219. The molecule has 1 aliphatic carbocycles. The van der Waals surface area contributed by atoms with Crippen LogP contribution in [0.5, 0.6) is 0 Å². The van der Waals surface area contributed by atoms with Gasteiger partial charge in [0.25, 0.3) is 0 Å². The summed E-state index contributed by atoms with van der Waals surface area (Å²) in [5.74, 6) is 0.219. The highest BCUT2D eigenvalue weighted by molar-refractivity contribution is 6.03. The summed E-state index contributed by atoms with van der Waals surface area (Å²) in [5.41, 5.74) is 4.04. The number of hydrogen-bond acceptors (Lipinski definition) is 2. The normalized spacial score (nSPS) is 15.4. The summed E-state index contributed by atoms with van der Waals surface area (Å²) in [6, 6.07) is 0. The molecular formula is C11H14N2O. The predicted octanol–water partition coefficient (Wildman–Crippen LogP) is 1.74. The third-order valence-electron chi connectivity index (χ3n) is 2.72. The van der Waals surface area contributed by atoms with E-state index in [1.165, 1.54) is 0 Å².